The summed E-state index contributed by atoms with van der Waals surface area (Å²) in [4.78, 5) is 28.2. The van der Waals surface area contributed by atoms with E-state index in [4.69, 9.17) is 14.5 Å². The minimum absolute atomic E-state index is 0.224. The van der Waals surface area contributed by atoms with Crippen LogP contribution in [-0.2, 0) is 23.4 Å². The molecule has 1 fully saturated rings. The van der Waals surface area contributed by atoms with Gasteiger partial charge in [0, 0.05) is 0 Å². The van der Waals surface area contributed by atoms with Crippen LogP contribution in [0.3, 0.4) is 0 Å². The molecule has 0 spiro atoms. The van der Waals surface area contributed by atoms with E-state index in [1.807, 2.05) is 0 Å². The largest absolute Gasteiger partial charge is 0.469 e. The number of hydrogen-bond acceptors (Lipinski definition) is 5. The van der Waals surface area contributed by atoms with Gasteiger partial charge in [0.05, 0.1) is 19.8 Å². The lowest BCUT2D eigenvalue weighted by atomic mass is 10.0. The third kappa shape index (κ3) is 4.59. The molecule has 8 heteroatoms. The Morgan fingerprint density at radius 1 is 1.50 bits per heavy atom. The van der Waals surface area contributed by atoms with Gasteiger partial charge in [0.25, 0.3) is 0 Å². The molecule has 0 aliphatic carbocycles. The van der Waals surface area contributed by atoms with E-state index in [9.17, 15) is 9.36 Å². The Labute approximate surface area is 92.9 Å². The summed E-state index contributed by atoms with van der Waals surface area (Å²) in [5.74, 6) is -0.471. The average molecular weight is 254 g/mol. The minimum atomic E-state index is -4.48. The van der Waals surface area contributed by atoms with Gasteiger partial charge in [-0.3, -0.25) is 4.52 Å². The average Bonchev–Trinajstić information content (AvgIpc) is 2.25. The first kappa shape index (κ1) is 13.6. The Balaban J connectivity index is 2.39. The van der Waals surface area contributed by atoms with E-state index in [1.165, 1.54) is 7.11 Å². The van der Waals surface area contributed by atoms with Gasteiger partial charge in [0.15, 0.2) is 6.10 Å². The van der Waals surface area contributed by atoms with Crippen molar-refractivity contribution in [2.75, 3.05) is 13.7 Å². The summed E-state index contributed by atoms with van der Waals surface area (Å²) in [7, 11) is -3.21. The third-order valence-electron chi connectivity index (χ3n) is 2.24. The Kier molecular flexibility index (Phi) is 4.89. The molecule has 2 atom stereocenters. The van der Waals surface area contributed by atoms with E-state index in [2.05, 4.69) is 9.26 Å². The second-order valence-electron chi connectivity index (χ2n) is 3.49. The highest BCUT2D eigenvalue weighted by atomic mass is 31.2. The van der Waals surface area contributed by atoms with Gasteiger partial charge in [-0.25, -0.2) is 9.36 Å². The monoisotopic (exact) mass is 254 g/mol. The van der Waals surface area contributed by atoms with Crippen LogP contribution in [-0.4, -0.2) is 41.7 Å². The van der Waals surface area contributed by atoms with Crippen molar-refractivity contribution in [1.29, 1.82) is 0 Å². The molecule has 1 aliphatic heterocycles. The fraction of sp³-hybridized carbons (Fsp3) is 0.875. The molecular weight excluding hydrogens is 239 g/mol. The highest BCUT2D eigenvalue weighted by molar-refractivity contribution is 7.46. The van der Waals surface area contributed by atoms with E-state index >= 15 is 0 Å². The van der Waals surface area contributed by atoms with Crippen LogP contribution in [0.15, 0.2) is 0 Å². The zero-order chi connectivity index (χ0) is 12.2. The van der Waals surface area contributed by atoms with E-state index in [0.717, 1.165) is 6.42 Å². The highest BCUT2D eigenvalue weighted by Gasteiger charge is 2.30. The fourth-order valence-corrected chi connectivity index (χ4v) is 1.87. The zero-order valence-corrected chi connectivity index (χ0v) is 9.76. The summed E-state index contributed by atoms with van der Waals surface area (Å²) in [5, 5.41) is 0. The molecule has 94 valence electrons. The summed E-state index contributed by atoms with van der Waals surface area (Å²) < 4.78 is 24.6. The van der Waals surface area contributed by atoms with Crippen molar-refractivity contribution >= 4 is 13.8 Å². The van der Waals surface area contributed by atoms with Crippen molar-refractivity contribution in [1.82, 2.24) is 0 Å². The summed E-state index contributed by atoms with van der Waals surface area (Å²) in [6, 6.07) is 0. The SMILES string of the molecule is COC(=O)C1CCCC(COP(=O)(O)O)O1. The van der Waals surface area contributed by atoms with Crippen LogP contribution in [0, 0.1) is 0 Å². The predicted molar refractivity (Wildman–Crippen MR) is 52.5 cm³/mol. The van der Waals surface area contributed by atoms with E-state index in [0.29, 0.717) is 12.8 Å². The first-order valence-corrected chi connectivity index (χ1v) is 6.39. The molecule has 1 aliphatic rings. The second kappa shape index (κ2) is 5.75. The standard InChI is InChI=1S/C8H15O7P/c1-13-8(9)7-4-2-3-6(15-7)5-14-16(10,11)12/h6-7H,2-5H2,1H3,(H2,10,11,12). The molecule has 2 unspecified atom stereocenters. The van der Waals surface area contributed by atoms with Crippen molar-refractivity contribution < 1.29 is 33.1 Å². The molecule has 0 bridgehead atoms. The summed E-state index contributed by atoms with van der Waals surface area (Å²) in [6.07, 6.45) is 0.747. The van der Waals surface area contributed by atoms with Crippen molar-refractivity contribution in [3.05, 3.63) is 0 Å². The van der Waals surface area contributed by atoms with Gasteiger partial charge in [-0.2, -0.15) is 0 Å². The highest BCUT2D eigenvalue weighted by Crippen LogP contribution is 2.36. The van der Waals surface area contributed by atoms with Gasteiger partial charge in [0.2, 0.25) is 0 Å². The number of phosphoric ester groups is 1. The van der Waals surface area contributed by atoms with Crippen molar-refractivity contribution in [2.45, 2.75) is 31.5 Å². The van der Waals surface area contributed by atoms with Gasteiger partial charge in [-0.1, -0.05) is 0 Å². The van der Waals surface area contributed by atoms with Crippen LogP contribution >= 0.6 is 7.82 Å². The molecular formula is C8H15O7P. The van der Waals surface area contributed by atoms with E-state index in [1.54, 1.807) is 0 Å². The number of methoxy groups -OCH3 is 1. The maximum atomic E-state index is 11.2. The number of rotatable bonds is 4. The Hall–Kier alpha value is -0.460. The summed E-state index contributed by atoms with van der Waals surface area (Å²) in [6.45, 7) is -0.224. The van der Waals surface area contributed by atoms with Gasteiger partial charge in [0.1, 0.15) is 0 Å². The van der Waals surface area contributed by atoms with Crippen LogP contribution < -0.4 is 0 Å². The topological polar surface area (TPSA) is 102 Å². The lowest BCUT2D eigenvalue weighted by Crippen LogP contribution is -2.36. The van der Waals surface area contributed by atoms with Crippen LogP contribution in [0.5, 0.6) is 0 Å². The van der Waals surface area contributed by atoms with Gasteiger partial charge >= 0.3 is 13.8 Å². The summed E-state index contributed by atoms with van der Waals surface area (Å²) in [5.41, 5.74) is 0. The second-order valence-corrected chi connectivity index (χ2v) is 4.73. The molecule has 1 rings (SSSR count). The summed E-state index contributed by atoms with van der Waals surface area (Å²) >= 11 is 0. The van der Waals surface area contributed by atoms with Crippen LogP contribution in [0.2, 0.25) is 0 Å². The number of phosphoric acid groups is 1. The smallest absolute Gasteiger partial charge is 0.467 e. The molecule has 0 aromatic carbocycles. The van der Waals surface area contributed by atoms with Crippen molar-refractivity contribution in [3.63, 3.8) is 0 Å². The molecule has 0 aromatic heterocycles. The molecule has 16 heavy (non-hydrogen) atoms. The molecule has 1 heterocycles. The van der Waals surface area contributed by atoms with Crippen LogP contribution in [0.25, 0.3) is 0 Å². The number of ether oxygens (including phenoxy) is 2. The molecule has 0 radical (unpaired) electrons. The molecule has 0 aromatic rings. The molecule has 2 N–H and O–H groups in total. The molecule has 7 nitrogen and oxygen atoms in total. The Bertz CT molecular complexity index is 286. The quantitative estimate of drug-likeness (QED) is 0.546. The van der Waals surface area contributed by atoms with E-state index in [-0.39, 0.29) is 6.61 Å². The maximum absolute atomic E-state index is 11.2. The van der Waals surface area contributed by atoms with Gasteiger partial charge in [-0.05, 0) is 19.3 Å². The lowest BCUT2D eigenvalue weighted by molar-refractivity contribution is -0.164. The van der Waals surface area contributed by atoms with Gasteiger partial charge in [-0.15, -0.1) is 0 Å². The first-order valence-electron chi connectivity index (χ1n) is 4.86. The van der Waals surface area contributed by atoms with Crippen molar-refractivity contribution in [3.8, 4) is 0 Å². The fourth-order valence-electron chi connectivity index (χ4n) is 1.51. The Morgan fingerprint density at radius 3 is 2.75 bits per heavy atom. The lowest BCUT2D eigenvalue weighted by Gasteiger charge is -2.28. The number of esters is 1. The number of carbonyl (C=O) groups is 1. The van der Waals surface area contributed by atoms with Crippen LogP contribution in [0.1, 0.15) is 19.3 Å². The molecule has 0 saturated carbocycles. The molecule has 1 saturated heterocycles. The Morgan fingerprint density at radius 2 is 2.19 bits per heavy atom. The van der Waals surface area contributed by atoms with Gasteiger partial charge < -0.3 is 19.3 Å². The minimum Gasteiger partial charge on any atom is -0.467 e. The zero-order valence-electron chi connectivity index (χ0n) is 8.87. The first-order chi connectivity index (χ1) is 7.42. The van der Waals surface area contributed by atoms with E-state index < -0.39 is 26.0 Å². The number of carbonyl (C=O) groups excluding carboxylic acids is 1. The molecule has 0 amide bonds. The van der Waals surface area contributed by atoms with Crippen LogP contribution in [0.4, 0.5) is 0 Å². The van der Waals surface area contributed by atoms with Crippen molar-refractivity contribution in [2.24, 2.45) is 0 Å². The predicted octanol–water partition coefficient (Wildman–Crippen LogP) is 0.206. The third-order valence-corrected chi connectivity index (χ3v) is 2.73. The normalized spacial score (nSPS) is 26.4. The maximum Gasteiger partial charge on any atom is 0.469 e. The number of hydrogen-bond donors (Lipinski definition) is 2.